The van der Waals surface area contributed by atoms with Gasteiger partial charge in [-0.2, -0.15) is 11.8 Å². The van der Waals surface area contributed by atoms with E-state index in [0.717, 1.165) is 16.0 Å². The molecule has 1 aromatic carbocycles. The minimum Gasteiger partial charge on any atom is -0.354 e. The number of nitrogens with one attached hydrogen (secondary N) is 2. The van der Waals surface area contributed by atoms with Gasteiger partial charge < -0.3 is 10.3 Å². The van der Waals surface area contributed by atoms with E-state index in [0.29, 0.717) is 36.0 Å². The fourth-order valence-electron chi connectivity index (χ4n) is 3.54. The lowest BCUT2D eigenvalue weighted by Crippen LogP contribution is -2.45. The largest absolute Gasteiger partial charge is 0.354 e. The van der Waals surface area contributed by atoms with Gasteiger partial charge in [0.2, 0.25) is 5.91 Å². The Hall–Kier alpha value is -3.40. The highest BCUT2D eigenvalue weighted by Gasteiger charge is 2.24. The molecule has 0 bridgehead atoms. The molecule has 1 unspecified atom stereocenters. The molecule has 0 spiro atoms. The van der Waals surface area contributed by atoms with E-state index in [4.69, 9.17) is 0 Å². The molecule has 1 atom stereocenters. The molecule has 31 heavy (non-hydrogen) atoms. The molecule has 0 aliphatic carbocycles. The third-order valence-electron chi connectivity index (χ3n) is 5.08. The lowest BCUT2D eigenvalue weighted by atomic mass is 10.2. The fourth-order valence-corrected chi connectivity index (χ4v) is 4.00. The van der Waals surface area contributed by atoms with Crippen molar-refractivity contribution in [3.63, 3.8) is 0 Å². The highest BCUT2D eigenvalue weighted by atomic mass is 32.2. The molecule has 0 aliphatic heterocycles. The molecule has 1 amide bonds. The number of rotatable bonds is 8. The molecule has 3 heterocycles. The van der Waals surface area contributed by atoms with Gasteiger partial charge in [0.05, 0.1) is 10.9 Å². The summed E-state index contributed by atoms with van der Waals surface area (Å²) in [6, 6.07) is 11.5. The summed E-state index contributed by atoms with van der Waals surface area (Å²) in [5.74, 6) is 0.981. The van der Waals surface area contributed by atoms with Crippen LogP contribution in [0.2, 0.25) is 0 Å². The van der Waals surface area contributed by atoms with Gasteiger partial charge in [-0.05, 0) is 42.7 Å². The standard InChI is InChI=1S/C21H22N6O3S/c1-31-13-10-16(27-20(29)14-6-2-3-7-15(14)23-21(27)30)19(28)22-11-9-18-25-24-17-8-4-5-12-26(17)18/h2-8,12,16H,9-11,13H2,1H3,(H,22,28)(H,23,30). The first kappa shape index (κ1) is 20.9. The Bertz CT molecular complexity index is 1340. The van der Waals surface area contributed by atoms with Crippen LogP contribution in [0.15, 0.2) is 58.3 Å². The van der Waals surface area contributed by atoms with Gasteiger partial charge in [0.25, 0.3) is 5.56 Å². The Morgan fingerprint density at radius 1 is 1.16 bits per heavy atom. The summed E-state index contributed by atoms with van der Waals surface area (Å²) in [4.78, 5) is 41.4. The van der Waals surface area contributed by atoms with Crippen LogP contribution in [0.1, 0.15) is 18.3 Å². The number of aromatic nitrogens is 5. The summed E-state index contributed by atoms with van der Waals surface area (Å²) < 4.78 is 2.89. The average molecular weight is 439 g/mol. The molecule has 0 saturated heterocycles. The zero-order valence-corrected chi connectivity index (χ0v) is 17.8. The molecule has 4 aromatic rings. The maximum absolute atomic E-state index is 13.0. The Morgan fingerprint density at radius 3 is 2.81 bits per heavy atom. The predicted molar refractivity (Wildman–Crippen MR) is 121 cm³/mol. The van der Waals surface area contributed by atoms with Crippen LogP contribution in [0.3, 0.4) is 0 Å². The smallest absolute Gasteiger partial charge is 0.329 e. The van der Waals surface area contributed by atoms with Gasteiger partial charge in [-0.1, -0.05) is 18.2 Å². The number of nitrogens with zero attached hydrogens (tertiary/aromatic N) is 4. The minimum absolute atomic E-state index is 0.310. The summed E-state index contributed by atoms with van der Waals surface area (Å²) in [6.45, 7) is 0.310. The molecule has 3 aromatic heterocycles. The van der Waals surface area contributed by atoms with Gasteiger partial charge in [0.15, 0.2) is 5.65 Å². The normalized spacial score (nSPS) is 12.3. The van der Waals surface area contributed by atoms with Crippen LogP contribution < -0.4 is 16.6 Å². The van der Waals surface area contributed by atoms with Crippen molar-refractivity contribution in [2.45, 2.75) is 18.9 Å². The lowest BCUT2D eigenvalue weighted by Gasteiger charge is -2.18. The zero-order chi connectivity index (χ0) is 21.8. The van der Waals surface area contributed by atoms with Crippen LogP contribution in [-0.4, -0.2) is 48.6 Å². The maximum atomic E-state index is 13.0. The molecule has 4 rings (SSSR count). The number of amides is 1. The van der Waals surface area contributed by atoms with E-state index in [1.165, 1.54) is 0 Å². The second-order valence-electron chi connectivity index (χ2n) is 7.03. The SMILES string of the molecule is CSCCC(C(=O)NCCc1nnc2ccccn12)n1c(=O)[nH]c2ccccc2c1=O. The van der Waals surface area contributed by atoms with Gasteiger partial charge in [-0.15, -0.1) is 10.2 Å². The van der Waals surface area contributed by atoms with E-state index < -0.39 is 17.3 Å². The number of hydrogen-bond donors (Lipinski definition) is 2. The van der Waals surface area contributed by atoms with E-state index in [-0.39, 0.29) is 5.91 Å². The third kappa shape index (κ3) is 4.24. The number of pyridine rings is 1. The molecule has 10 heteroatoms. The molecule has 0 aliphatic rings. The van der Waals surface area contributed by atoms with Crippen molar-refractivity contribution in [3.8, 4) is 0 Å². The van der Waals surface area contributed by atoms with Crippen molar-refractivity contribution in [2.24, 2.45) is 0 Å². The number of aromatic amines is 1. The molecule has 0 fully saturated rings. The van der Waals surface area contributed by atoms with Crippen LogP contribution in [0.4, 0.5) is 0 Å². The van der Waals surface area contributed by atoms with Gasteiger partial charge in [0, 0.05) is 19.2 Å². The number of carbonyl (C=O) groups excluding carboxylic acids is 1. The first-order valence-electron chi connectivity index (χ1n) is 9.89. The topological polar surface area (TPSA) is 114 Å². The Morgan fingerprint density at radius 2 is 1.97 bits per heavy atom. The number of hydrogen-bond acceptors (Lipinski definition) is 6. The summed E-state index contributed by atoms with van der Waals surface area (Å²) in [6.07, 6.45) is 4.61. The van der Waals surface area contributed by atoms with Gasteiger partial charge in [-0.25, -0.2) is 9.36 Å². The van der Waals surface area contributed by atoms with Crippen LogP contribution in [0.25, 0.3) is 16.6 Å². The first-order valence-corrected chi connectivity index (χ1v) is 11.3. The van der Waals surface area contributed by atoms with Crippen LogP contribution in [-0.2, 0) is 11.2 Å². The number of para-hydroxylation sites is 1. The quantitative estimate of drug-likeness (QED) is 0.430. The number of thioether (sulfide) groups is 1. The Balaban J connectivity index is 1.56. The lowest BCUT2D eigenvalue weighted by molar-refractivity contribution is -0.124. The average Bonchev–Trinajstić information content (AvgIpc) is 3.19. The van der Waals surface area contributed by atoms with Crippen molar-refractivity contribution in [3.05, 3.63) is 75.3 Å². The molecule has 9 nitrogen and oxygen atoms in total. The van der Waals surface area contributed by atoms with E-state index >= 15 is 0 Å². The molecular formula is C21H22N6O3S. The zero-order valence-electron chi connectivity index (χ0n) is 16.9. The first-order chi connectivity index (χ1) is 15.1. The van der Waals surface area contributed by atoms with Crippen molar-refractivity contribution >= 4 is 34.2 Å². The van der Waals surface area contributed by atoms with Gasteiger partial charge in [0.1, 0.15) is 11.9 Å². The van der Waals surface area contributed by atoms with Gasteiger partial charge >= 0.3 is 5.69 Å². The monoisotopic (exact) mass is 438 g/mol. The second kappa shape index (κ2) is 9.17. The predicted octanol–water partition coefficient (Wildman–Crippen LogP) is 1.39. The maximum Gasteiger partial charge on any atom is 0.329 e. The van der Waals surface area contributed by atoms with E-state index in [1.807, 2.05) is 35.1 Å². The van der Waals surface area contributed by atoms with Crippen molar-refractivity contribution in [1.82, 2.24) is 29.5 Å². The summed E-state index contributed by atoms with van der Waals surface area (Å²) in [5.41, 5.74) is 0.129. The molecule has 160 valence electrons. The van der Waals surface area contributed by atoms with E-state index in [2.05, 4.69) is 20.5 Å². The number of carbonyl (C=O) groups is 1. The number of benzene rings is 1. The Labute approximate surface area is 181 Å². The number of fused-ring (bicyclic) bond motifs is 2. The number of H-pyrrole nitrogens is 1. The molecule has 2 N–H and O–H groups in total. The van der Waals surface area contributed by atoms with Crippen molar-refractivity contribution in [1.29, 1.82) is 0 Å². The second-order valence-corrected chi connectivity index (χ2v) is 8.02. The van der Waals surface area contributed by atoms with E-state index in [1.54, 1.807) is 36.0 Å². The van der Waals surface area contributed by atoms with Crippen LogP contribution in [0, 0.1) is 0 Å². The van der Waals surface area contributed by atoms with Crippen LogP contribution in [0.5, 0.6) is 0 Å². The van der Waals surface area contributed by atoms with Crippen molar-refractivity contribution < 1.29 is 4.79 Å². The molecule has 0 radical (unpaired) electrons. The van der Waals surface area contributed by atoms with E-state index in [9.17, 15) is 14.4 Å². The summed E-state index contributed by atoms with van der Waals surface area (Å²) in [7, 11) is 0. The third-order valence-corrected chi connectivity index (χ3v) is 5.72. The summed E-state index contributed by atoms with van der Waals surface area (Å²) in [5, 5.41) is 11.5. The summed E-state index contributed by atoms with van der Waals surface area (Å²) >= 11 is 1.55. The molecular weight excluding hydrogens is 416 g/mol. The Kier molecular flexibility index (Phi) is 6.17. The van der Waals surface area contributed by atoms with Crippen LogP contribution >= 0.6 is 11.8 Å². The highest BCUT2D eigenvalue weighted by molar-refractivity contribution is 7.98. The fraction of sp³-hybridized carbons (Fsp3) is 0.286. The highest BCUT2D eigenvalue weighted by Crippen LogP contribution is 2.13. The minimum atomic E-state index is -0.900. The van der Waals surface area contributed by atoms with Gasteiger partial charge in [-0.3, -0.25) is 14.0 Å². The molecule has 0 saturated carbocycles. The van der Waals surface area contributed by atoms with Crippen molar-refractivity contribution in [2.75, 3.05) is 18.6 Å².